The normalized spacial score (nSPS) is 24.6. The van der Waals surface area contributed by atoms with E-state index in [1.807, 2.05) is 24.3 Å². The van der Waals surface area contributed by atoms with Crippen molar-refractivity contribution in [1.29, 1.82) is 0 Å². The summed E-state index contributed by atoms with van der Waals surface area (Å²) in [7, 11) is -3.37. The Morgan fingerprint density at radius 2 is 1.89 bits per heavy atom. The average Bonchev–Trinajstić information content (AvgIpc) is 3.12. The van der Waals surface area contributed by atoms with E-state index in [4.69, 9.17) is 0 Å². The number of sulfonamides is 1. The number of para-hydroxylation sites is 1. The molecule has 1 aromatic carbocycles. The molecule has 1 amide bonds. The predicted molar refractivity (Wildman–Crippen MR) is 109 cm³/mol. The number of nitrogens with zero attached hydrogens (tertiary/aromatic N) is 1. The molecule has 0 radical (unpaired) electrons. The van der Waals surface area contributed by atoms with Gasteiger partial charge >= 0.3 is 0 Å². The molecule has 3 saturated heterocycles. The molecule has 27 heavy (non-hydrogen) atoms. The summed E-state index contributed by atoms with van der Waals surface area (Å²) in [6.45, 7) is 3.23. The van der Waals surface area contributed by atoms with Crippen LogP contribution >= 0.6 is 11.3 Å². The van der Waals surface area contributed by atoms with Crippen LogP contribution in [0.5, 0.6) is 0 Å². The molecule has 1 atom stereocenters. The summed E-state index contributed by atoms with van der Waals surface area (Å²) in [5, 5.41) is 3.20. The summed E-state index contributed by atoms with van der Waals surface area (Å²) in [4.78, 5) is 16.6. The van der Waals surface area contributed by atoms with E-state index in [9.17, 15) is 13.2 Å². The van der Waals surface area contributed by atoms with Crippen molar-refractivity contribution in [1.82, 2.24) is 10.2 Å². The second kappa shape index (κ2) is 7.26. The van der Waals surface area contributed by atoms with Crippen LogP contribution in [-0.2, 0) is 10.0 Å². The van der Waals surface area contributed by atoms with Crippen LogP contribution in [0.15, 0.2) is 36.4 Å². The fourth-order valence-electron chi connectivity index (χ4n) is 3.96. The van der Waals surface area contributed by atoms with Crippen molar-refractivity contribution in [3.05, 3.63) is 41.3 Å². The SMILES string of the molecule is CS(=O)(=O)Nc1ccccc1-c1ccc(C(=O)N[C@H]2CN3CCC2CC3)s1. The molecular weight excluding hydrogens is 382 g/mol. The smallest absolute Gasteiger partial charge is 0.261 e. The minimum absolute atomic E-state index is 0.0430. The molecule has 3 fully saturated rings. The van der Waals surface area contributed by atoms with Crippen molar-refractivity contribution >= 4 is 33.0 Å². The molecule has 0 spiro atoms. The molecule has 3 aliphatic rings. The van der Waals surface area contributed by atoms with E-state index in [1.165, 1.54) is 11.3 Å². The first-order valence-corrected chi connectivity index (χ1v) is 11.8. The first kappa shape index (κ1) is 18.5. The van der Waals surface area contributed by atoms with Gasteiger partial charge < -0.3 is 10.2 Å². The second-order valence-electron chi connectivity index (χ2n) is 7.30. The second-order valence-corrected chi connectivity index (χ2v) is 10.1. The largest absolute Gasteiger partial charge is 0.347 e. The third-order valence-corrected chi connectivity index (χ3v) is 7.00. The standard InChI is InChI=1S/C19H23N3O3S2/c1-27(24,25)21-15-5-3-2-4-14(15)17-6-7-18(26-17)19(23)20-16-12-22-10-8-13(16)9-11-22/h2-7,13,16,21H,8-12H2,1H3,(H,20,23)/t16-/m0/s1. The molecule has 2 bridgehead atoms. The van der Waals surface area contributed by atoms with E-state index < -0.39 is 10.0 Å². The molecule has 0 unspecified atom stereocenters. The van der Waals surface area contributed by atoms with Gasteiger partial charge in [0.25, 0.3) is 5.91 Å². The van der Waals surface area contributed by atoms with E-state index in [0.717, 1.165) is 49.2 Å². The molecule has 1 aromatic heterocycles. The molecule has 8 heteroatoms. The van der Waals surface area contributed by atoms with Crippen LogP contribution in [0.4, 0.5) is 5.69 Å². The minimum atomic E-state index is -3.37. The number of nitrogens with one attached hydrogen (secondary N) is 2. The summed E-state index contributed by atoms with van der Waals surface area (Å²) in [6.07, 6.45) is 3.45. The number of hydrogen-bond donors (Lipinski definition) is 2. The van der Waals surface area contributed by atoms with Gasteiger partial charge in [-0.2, -0.15) is 0 Å². The summed E-state index contributed by atoms with van der Waals surface area (Å²) in [6, 6.07) is 11.1. The molecule has 144 valence electrons. The van der Waals surface area contributed by atoms with Gasteiger partial charge in [-0.25, -0.2) is 8.42 Å². The van der Waals surface area contributed by atoms with Crippen LogP contribution in [0.3, 0.4) is 0 Å². The number of rotatable bonds is 5. The van der Waals surface area contributed by atoms with Crippen LogP contribution in [-0.4, -0.2) is 51.2 Å². The first-order chi connectivity index (χ1) is 12.9. The van der Waals surface area contributed by atoms with Crippen molar-refractivity contribution in [2.75, 3.05) is 30.6 Å². The number of carbonyl (C=O) groups excluding carboxylic acids is 1. The van der Waals surface area contributed by atoms with Crippen LogP contribution in [0, 0.1) is 5.92 Å². The highest BCUT2D eigenvalue weighted by Gasteiger charge is 2.35. The quantitative estimate of drug-likeness (QED) is 0.802. The van der Waals surface area contributed by atoms with Crippen molar-refractivity contribution in [3.63, 3.8) is 0 Å². The lowest BCUT2D eigenvalue weighted by atomic mass is 9.84. The summed E-state index contributed by atoms with van der Waals surface area (Å²) in [5.74, 6) is 0.539. The number of piperidine rings is 3. The summed E-state index contributed by atoms with van der Waals surface area (Å²) in [5.41, 5.74) is 1.29. The molecule has 2 N–H and O–H groups in total. The van der Waals surface area contributed by atoms with Crippen LogP contribution in [0.2, 0.25) is 0 Å². The number of anilines is 1. The Morgan fingerprint density at radius 1 is 1.15 bits per heavy atom. The maximum Gasteiger partial charge on any atom is 0.261 e. The number of hydrogen-bond acceptors (Lipinski definition) is 5. The van der Waals surface area contributed by atoms with Gasteiger partial charge in [0.1, 0.15) is 0 Å². The highest BCUT2D eigenvalue weighted by atomic mass is 32.2. The van der Waals surface area contributed by atoms with Gasteiger partial charge in [0, 0.05) is 23.0 Å². The van der Waals surface area contributed by atoms with Crippen LogP contribution in [0.1, 0.15) is 22.5 Å². The molecule has 5 rings (SSSR count). The van der Waals surface area contributed by atoms with Crippen LogP contribution in [0.25, 0.3) is 10.4 Å². The zero-order valence-corrected chi connectivity index (χ0v) is 16.8. The van der Waals surface area contributed by atoms with Gasteiger partial charge in [0.15, 0.2) is 0 Å². The number of benzene rings is 1. The summed E-state index contributed by atoms with van der Waals surface area (Å²) < 4.78 is 25.8. The maximum atomic E-state index is 12.7. The zero-order valence-electron chi connectivity index (χ0n) is 15.1. The van der Waals surface area contributed by atoms with Gasteiger partial charge in [-0.05, 0) is 50.0 Å². The van der Waals surface area contributed by atoms with Gasteiger partial charge in [0.2, 0.25) is 10.0 Å². The third kappa shape index (κ3) is 4.17. The van der Waals surface area contributed by atoms with Gasteiger partial charge in [-0.15, -0.1) is 11.3 Å². The number of fused-ring (bicyclic) bond motifs is 3. The maximum absolute atomic E-state index is 12.7. The molecule has 2 aromatic rings. The third-order valence-electron chi connectivity index (χ3n) is 5.29. The summed E-state index contributed by atoms with van der Waals surface area (Å²) >= 11 is 1.38. The Morgan fingerprint density at radius 3 is 2.56 bits per heavy atom. The van der Waals surface area contributed by atoms with Gasteiger partial charge in [-0.3, -0.25) is 9.52 Å². The first-order valence-electron chi connectivity index (χ1n) is 9.09. The molecular formula is C19H23N3O3S2. The highest BCUT2D eigenvalue weighted by Crippen LogP contribution is 2.34. The Bertz CT molecular complexity index is 947. The molecule has 3 aliphatic heterocycles. The van der Waals surface area contributed by atoms with E-state index in [-0.39, 0.29) is 11.9 Å². The lowest BCUT2D eigenvalue weighted by Gasteiger charge is -2.44. The molecule has 0 saturated carbocycles. The fraction of sp³-hybridized carbons (Fsp3) is 0.421. The van der Waals surface area contributed by atoms with E-state index in [0.29, 0.717) is 16.5 Å². The fourth-order valence-corrected chi connectivity index (χ4v) is 5.49. The Hall–Kier alpha value is -1.90. The van der Waals surface area contributed by atoms with Crippen molar-refractivity contribution < 1.29 is 13.2 Å². The molecule has 4 heterocycles. The lowest BCUT2D eigenvalue weighted by Crippen LogP contribution is -2.57. The van der Waals surface area contributed by atoms with Crippen molar-refractivity contribution in [3.8, 4) is 10.4 Å². The van der Waals surface area contributed by atoms with Crippen molar-refractivity contribution in [2.24, 2.45) is 5.92 Å². The van der Waals surface area contributed by atoms with Gasteiger partial charge in [-0.1, -0.05) is 18.2 Å². The number of amides is 1. The Kier molecular flexibility index (Phi) is 4.96. The van der Waals surface area contributed by atoms with E-state index in [2.05, 4.69) is 14.9 Å². The monoisotopic (exact) mass is 405 g/mol. The van der Waals surface area contributed by atoms with Crippen molar-refractivity contribution in [2.45, 2.75) is 18.9 Å². The average molecular weight is 406 g/mol. The van der Waals surface area contributed by atoms with E-state index in [1.54, 1.807) is 12.1 Å². The Balaban J connectivity index is 1.51. The Labute approximate surface area is 163 Å². The number of thiophene rings is 1. The number of carbonyl (C=O) groups is 1. The topological polar surface area (TPSA) is 78.5 Å². The van der Waals surface area contributed by atoms with Crippen LogP contribution < -0.4 is 10.0 Å². The van der Waals surface area contributed by atoms with E-state index >= 15 is 0 Å². The zero-order chi connectivity index (χ0) is 19.0. The predicted octanol–water partition coefficient (Wildman–Crippen LogP) is 2.61. The highest BCUT2D eigenvalue weighted by molar-refractivity contribution is 7.92. The molecule has 6 nitrogen and oxygen atoms in total. The lowest BCUT2D eigenvalue weighted by molar-refractivity contribution is 0.0622. The minimum Gasteiger partial charge on any atom is -0.347 e. The van der Waals surface area contributed by atoms with Gasteiger partial charge in [0.05, 0.1) is 16.8 Å². The molecule has 0 aliphatic carbocycles.